The largest absolute Gasteiger partial charge is 0.369 e. The molecule has 0 spiro atoms. The molecule has 0 saturated carbocycles. The highest BCUT2D eigenvalue weighted by Gasteiger charge is 2.38. The summed E-state index contributed by atoms with van der Waals surface area (Å²) in [6.07, 6.45) is -0.314. The lowest BCUT2D eigenvalue weighted by atomic mass is 10.0. The summed E-state index contributed by atoms with van der Waals surface area (Å²) in [5.74, 6) is 2.20. The summed E-state index contributed by atoms with van der Waals surface area (Å²) in [6.45, 7) is 4.74. The van der Waals surface area contributed by atoms with Gasteiger partial charge in [-0.2, -0.15) is 5.01 Å². The number of urea groups is 1. The molecule has 2 aliphatic heterocycles. The third kappa shape index (κ3) is 4.79. The lowest BCUT2D eigenvalue weighted by Gasteiger charge is -2.35. The number of aliphatic hydroxyl groups is 1. The second-order valence-electron chi connectivity index (χ2n) is 7.46. The van der Waals surface area contributed by atoms with Crippen LogP contribution in [-0.4, -0.2) is 65.3 Å². The van der Waals surface area contributed by atoms with Crippen molar-refractivity contribution in [3.63, 3.8) is 0 Å². The van der Waals surface area contributed by atoms with Crippen LogP contribution in [0.1, 0.15) is 25.8 Å². The van der Waals surface area contributed by atoms with Gasteiger partial charge in [0.05, 0.1) is 19.2 Å². The lowest BCUT2D eigenvalue weighted by Crippen LogP contribution is -2.55. The van der Waals surface area contributed by atoms with Gasteiger partial charge < -0.3 is 14.6 Å². The highest BCUT2D eigenvalue weighted by molar-refractivity contribution is 5.78. The number of nitrogens with zero attached hydrogens (tertiary/aromatic N) is 2. The van der Waals surface area contributed by atoms with E-state index in [0.717, 1.165) is 5.56 Å². The molecule has 3 unspecified atom stereocenters. The van der Waals surface area contributed by atoms with E-state index in [2.05, 4.69) is 5.43 Å². The van der Waals surface area contributed by atoms with E-state index in [-0.39, 0.29) is 19.0 Å². The van der Waals surface area contributed by atoms with E-state index in [0.29, 0.717) is 25.4 Å². The zero-order valence-corrected chi connectivity index (χ0v) is 16.2. The predicted octanol–water partition coefficient (Wildman–Crippen LogP) is 1.29. The van der Waals surface area contributed by atoms with Crippen LogP contribution in [-0.2, 0) is 20.7 Å². The molecule has 28 heavy (non-hydrogen) atoms. The van der Waals surface area contributed by atoms with Crippen molar-refractivity contribution in [1.82, 2.24) is 15.3 Å². The van der Waals surface area contributed by atoms with Crippen molar-refractivity contribution in [1.29, 1.82) is 0 Å². The Kier molecular flexibility index (Phi) is 6.83. The molecule has 8 nitrogen and oxygen atoms in total. The van der Waals surface area contributed by atoms with E-state index in [1.165, 1.54) is 4.90 Å². The molecule has 8 heteroatoms. The molecule has 3 rings (SSSR count). The molecule has 2 saturated heterocycles. The van der Waals surface area contributed by atoms with E-state index >= 15 is 0 Å². The zero-order chi connectivity index (χ0) is 20.1. The van der Waals surface area contributed by atoms with Crippen LogP contribution in [0.4, 0.5) is 4.79 Å². The minimum Gasteiger partial charge on any atom is -0.369 e. The number of carbonyl (C=O) groups is 1. The number of amides is 2. The first-order valence-electron chi connectivity index (χ1n) is 9.54. The van der Waals surface area contributed by atoms with Crippen molar-refractivity contribution in [2.75, 3.05) is 19.9 Å². The van der Waals surface area contributed by atoms with Crippen molar-refractivity contribution in [2.45, 2.75) is 45.1 Å². The minimum atomic E-state index is -1.01. The number of nitrogens with one attached hydrogen (secondary N) is 1. The Morgan fingerprint density at radius 3 is 2.75 bits per heavy atom. The summed E-state index contributed by atoms with van der Waals surface area (Å²) in [7, 11) is 0. The number of morpholine rings is 1. The van der Waals surface area contributed by atoms with Crippen LogP contribution in [0.3, 0.4) is 0 Å². The maximum absolute atomic E-state index is 12.8. The average Bonchev–Trinajstić information content (AvgIpc) is 3.01. The van der Waals surface area contributed by atoms with Gasteiger partial charge in [0.1, 0.15) is 24.5 Å². The van der Waals surface area contributed by atoms with Crippen LogP contribution in [0, 0.1) is 5.92 Å². The lowest BCUT2D eigenvalue weighted by molar-refractivity contribution is -0.0672. The molecule has 1 aromatic rings. The number of hydrogen-bond acceptors (Lipinski definition) is 6. The summed E-state index contributed by atoms with van der Waals surface area (Å²) in [4.78, 5) is 25.7. The molecule has 3 atom stereocenters. The molecule has 0 radical (unpaired) electrons. The molecular formula is C20H27N3O5. The fourth-order valence-electron chi connectivity index (χ4n) is 3.48. The molecule has 152 valence electrons. The molecule has 0 bridgehead atoms. The quantitative estimate of drug-likeness (QED) is 0.738. The Morgan fingerprint density at radius 1 is 1.32 bits per heavy atom. The predicted molar refractivity (Wildman–Crippen MR) is 101 cm³/mol. The molecule has 0 aromatic heterocycles. The van der Waals surface area contributed by atoms with Crippen molar-refractivity contribution >= 4 is 12.0 Å². The first-order chi connectivity index (χ1) is 13.5. The zero-order valence-electron chi connectivity index (χ0n) is 16.2. The summed E-state index contributed by atoms with van der Waals surface area (Å²) >= 11 is 0. The third-order valence-electron chi connectivity index (χ3n) is 4.91. The van der Waals surface area contributed by atoms with Gasteiger partial charge in [-0.3, -0.25) is 10.3 Å². The molecular weight excluding hydrogens is 362 g/mol. The number of rotatable bonds is 5. The highest BCUT2D eigenvalue weighted by Crippen LogP contribution is 2.23. The van der Waals surface area contributed by atoms with Crippen LogP contribution in [0.5, 0.6) is 0 Å². The fraction of sp³-hybridized carbons (Fsp3) is 0.550. The molecule has 1 aromatic carbocycles. The van der Waals surface area contributed by atoms with Crippen LogP contribution in [0.15, 0.2) is 36.0 Å². The van der Waals surface area contributed by atoms with E-state index in [1.54, 1.807) is 5.01 Å². The first-order valence-corrected chi connectivity index (χ1v) is 9.54. The number of hydrazine groups is 1. The van der Waals surface area contributed by atoms with Gasteiger partial charge >= 0.3 is 6.03 Å². The van der Waals surface area contributed by atoms with Gasteiger partial charge in [-0.1, -0.05) is 44.2 Å². The Morgan fingerprint density at radius 2 is 2.07 bits per heavy atom. The normalized spacial score (nSPS) is 25.8. The summed E-state index contributed by atoms with van der Waals surface area (Å²) in [6, 6.07) is 8.79. The Labute approximate surface area is 164 Å². The van der Waals surface area contributed by atoms with Crippen LogP contribution >= 0.6 is 0 Å². The number of hydrogen-bond donors (Lipinski definition) is 2. The number of ether oxygens (including phenoxy) is 2. The molecule has 0 aliphatic carbocycles. The maximum atomic E-state index is 12.8. The van der Waals surface area contributed by atoms with Crippen LogP contribution < -0.4 is 5.43 Å². The second-order valence-corrected chi connectivity index (χ2v) is 7.46. The minimum absolute atomic E-state index is 0.0598. The monoisotopic (exact) mass is 389 g/mol. The Hall–Kier alpha value is -2.22. The van der Waals surface area contributed by atoms with Crippen molar-refractivity contribution in [3.05, 3.63) is 41.6 Å². The molecule has 2 fully saturated rings. The summed E-state index contributed by atoms with van der Waals surface area (Å²) < 4.78 is 11.0. The van der Waals surface area contributed by atoms with Crippen molar-refractivity contribution in [2.24, 2.45) is 5.92 Å². The fourth-order valence-corrected chi connectivity index (χ4v) is 3.48. The maximum Gasteiger partial charge on any atom is 0.336 e. The molecule has 2 heterocycles. The van der Waals surface area contributed by atoms with Gasteiger partial charge in [-0.15, -0.1) is 0 Å². The molecule has 2 aliphatic rings. The van der Waals surface area contributed by atoms with Gasteiger partial charge in [0.15, 0.2) is 6.29 Å². The summed E-state index contributed by atoms with van der Waals surface area (Å²) in [5, 5.41) is 11.7. The van der Waals surface area contributed by atoms with E-state index in [1.807, 2.05) is 50.1 Å². The van der Waals surface area contributed by atoms with Gasteiger partial charge in [-0.05, 0) is 24.3 Å². The standard InChI is InChI=1S/C20H27N3O5/c1-14(2)10-18-17(12-24)22(8-9-27-18)20(26)21-23-13-28-19(25)16(23)11-15-6-4-3-5-7-15/h3-7,14,16,18-19,25H,8-11,13H2,1-2H3,(H,21,26). The van der Waals surface area contributed by atoms with Gasteiger partial charge in [0.25, 0.3) is 0 Å². The van der Waals surface area contributed by atoms with Gasteiger partial charge in [0.2, 0.25) is 0 Å². The van der Waals surface area contributed by atoms with E-state index in [9.17, 15) is 14.7 Å². The smallest absolute Gasteiger partial charge is 0.336 e. The average molecular weight is 389 g/mol. The number of benzene rings is 1. The van der Waals surface area contributed by atoms with Crippen LogP contribution in [0.25, 0.3) is 0 Å². The third-order valence-corrected chi connectivity index (χ3v) is 4.91. The number of aliphatic hydroxyl groups excluding tert-OH is 1. The number of carbonyl (C=O) groups excluding carboxylic acids is 2. The SMILES string of the molecule is CC(C)CC1OCCN(C(=O)NN2COC(O)C2Cc2ccccc2)C1=C=O. The van der Waals surface area contributed by atoms with Crippen molar-refractivity contribution in [3.8, 4) is 0 Å². The highest BCUT2D eigenvalue weighted by atomic mass is 16.6. The molecule has 2 N–H and O–H groups in total. The van der Waals surface area contributed by atoms with Crippen molar-refractivity contribution < 1.29 is 24.2 Å². The van der Waals surface area contributed by atoms with Crippen LogP contribution in [0.2, 0.25) is 0 Å². The van der Waals surface area contributed by atoms with Gasteiger partial charge in [-0.25, -0.2) is 9.59 Å². The second kappa shape index (κ2) is 9.32. The Bertz CT molecular complexity index is 720. The topological polar surface area (TPSA) is 91.3 Å². The molecule has 2 amide bonds. The first kappa shape index (κ1) is 20.5. The van der Waals surface area contributed by atoms with E-state index in [4.69, 9.17) is 9.47 Å². The van der Waals surface area contributed by atoms with E-state index < -0.39 is 24.5 Å². The Balaban J connectivity index is 1.67. The summed E-state index contributed by atoms with van der Waals surface area (Å²) in [5.41, 5.74) is 4.00. The van der Waals surface area contributed by atoms with Gasteiger partial charge in [0, 0.05) is 0 Å².